The maximum atomic E-state index is 10.5. The Labute approximate surface area is 75.2 Å². The monoisotopic (exact) mass is 181 g/mol. The summed E-state index contributed by atoms with van der Waals surface area (Å²) in [5.41, 5.74) is 7.32. The third-order valence-corrected chi connectivity index (χ3v) is 2.39. The molecule has 0 aliphatic heterocycles. The number of nitrogens with zero attached hydrogens (tertiary/aromatic N) is 2. The van der Waals surface area contributed by atoms with Crippen molar-refractivity contribution in [2.24, 2.45) is 0 Å². The van der Waals surface area contributed by atoms with Crippen molar-refractivity contribution in [3.05, 3.63) is 11.3 Å². The Kier molecular flexibility index (Phi) is 1.81. The molecule has 0 fully saturated rings. The number of hydrogen-bond acceptors (Lipinski definition) is 4. The van der Waals surface area contributed by atoms with E-state index in [0.717, 1.165) is 15.9 Å². The number of aliphatic hydroxyl groups excluding tert-OH is 1. The summed E-state index contributed by atoms with van der Waals surface area (Å²) in [6.45, 7) is 0. The second kappa shape index (κ2) is 2.85. The molecule has 0 radical (unpaired) electrons. The lowest BCUT2D eigenvalue weighted by atomic mass is 9.95. The van der Waals surface area contributed by atoms with Crippen molar-refractivity contribution >= 4 is 12.2 Å². The van der Waals surface area contributed by atoms with Gasteiger partial charge in [-0.3, -0.25) is 4.79 Å². The van der Waals surface area contributed by atoms with Crippen molar-refractivity contribution in [3.63, 3.8) is 0 Å². The largest absolute Gasteiger partial charge is 0.393 e. The average Bonchev–Trinajstić information content (AvgIpc) is 2.44. The van der Waals surface area contributed by atoms with E-state index in [9.17, 15) is 9.90 Å². The summed E-state index contributed by atoms with van der Waals surface area (Å²) < 4.78 is 1.13. The van der Waals surface area contributed by atoms with Crippen LogP contribution in [-0.4, -0.2) is 27.4 Å². The first-order valence-electron chi connectivity index (χ1n) is 4.21. The van der Waals surface area contributed by atoms with E-state index in [4.69, 9.17) is 5.73 Å². The van der Waals surface area contributed by atoms with Crippen molar-refractivity contribution in [2.75, 3.05) is 5.73 Å². The lowest BCUT2D eigenvalue weighted by Gasteiger charge is -2.15. The third-order valence-electron chi connectivity index (χ3n) is 2.39. The smallest absolute Gasteiger partial charge is 0.235 e. The van der Waals surface area contributed by atoms with Crippen LogP contribution in [0.3, 0.4) is 0 Å². The minimum absolute atomic E-state index is 0.348. The molecule has 5 heteroatoms. The lowest BCUT2D eigenvalue weighted by molar-refractivity contribution is 0.158. The molecule has 0 bridgehead atoms. The first-order chi connectivity index (χ1) is 6.22. The van der Waals surface area contributed by atoms with E-state index in [-0.39, 0.29) is 6.10 Å². The maximum absolute atomic E-state index is 10.5. The van der Waals surface area contributed by atoms with Gasteiger partial charge in [0, 0.05) is 12.0 Å². The fourth-order valence-corrected chi connectivity index (χ4v) is 1.68. The first-order valence-corrected chi connectivity index (χ1v) is 4.21. The quantitative estimate of drug-likeness (QED) is 0.564. The van der Waals surface area contributed by atoms with Crippen LogP contribution >= 0.6 is 0 Å². The third kappa shape index (κ3) is 1.21. The molecule has 0 saturated heterocycles. The summed E-state index contributed by atoms with van der Waals surface area (Å²) in [7, 11) is 0. The van der Waals surface area contributed by atoms with E-state index in [1.165, 1.54) is 0 Å². The van der Waals surface area contributed by atoms with Crippen LogP contribution < -0.4 is 5.73 Å². The molecule has 5 nitrogen and oxygen atoms in total. The molecule has 70 valence electrons. The Hall–Kier alpha value is -1.36. The van der Waals surface area contributed by atoms with Crippen molar-refractivity contribution in [1.29, 1.82) is 0 Å². The molecule has 0 aromatic carbocycles. The van der Waals surface area contributed by atoms with Gasteiger partial charge in [-0.15, -0.1) is 0 Å². The average molecular weight is 181 g/mol. The van der Waals surface area contributed by atoms with Crippen molar-refractivity contribution in [1.82, 2.24) is 9.78 Å². The highest BCUT2D eigenvalue weighted by molar-refractivity contribution is 5.61. The van der Waals surface area contributed by atoms with Crippen molar-refractivity contribution in [2.45, 2.75) is 25.4 Å². The lowest BCUT2D eigenvalue weighted by Crippen LogP contribution is -2.18. The normalized spacial score (nSPS) is 21.2. The Bertz CT molecular complexity index is 345. The summed E-state index contributed by atoms with van der Waals surface area (Å²) >= 11 is 0. The maximum Gasteiger partial charge on any atom is 0.235 e. The van der Waals surface area contributed by atoms with Gasteiger partial charge in [-0.25, -0.2) is 0 Å². The number of fused-ring (bicyclic) bond motifs is 1. The molecule has 0 saturated carbocycles. The number of carbonyl (C=O) groups is 1. The number of nitrogen functional groups attached to an aromatic ring is 1. The van der Waals surface area contributed by atoms with Crippen LogP contribution in [-0.2, 0) is 17.6 Å². The van der Waals surface area contributed by atoms with Gasteiger partial charge in [-0.05, 0) is 12.8 Å². The van der Waals surface area contributed by atoms with E-state index >= 15 is 0 Å². The molecule has 0 amide bonds. The van der Waals surface area contributed by atoms with Gasteiger partial charge in [0.05, 0.1) is 11.8 Å². The van der Waals surface area contributed by atoms with Gasteiger partial charge in [-0.2, -0.15) is 9.78 Å². The zero-order valence-corrected chi connectivity index (χ0v) is 7.10. The summed E-state index contributed by atoms with van der Waals surface area (Å²) in [6.07, 6.45) is 2.14. The number of hydrogen-bond donors (Lipinski definition) is 2. The van der Waals surface area contributed by atoms with E-state index in [1.54, 1.807) is 0 Å². The van der Waals surface area contributed by atoms with Crippen LogP contribution in [0.15, 0.2) is 0 Å². The summed E-state index contributed by atoms with van der Waals surface area (Å²) in [5.74, 6) is 0.365. The Morgan fingerprint density at radius 2 is 2.46 bits per heavy atom. The van der Waals surface area contributed by atoms with Gasteiger partial charge in [0.1, 0.15) is 5.82 Å². The second-order valence-electron chi connectivity index (χ2n) is 3.26. The van der Waals surface area contributed by atoms with Gasteiger partial charge < -0.3 is 10.8 Å². The molecule has 1 aromatic heterocycles. The Morgan fingerprint density at radius 3 is 3.15 bits per heavy atom. The molecule has 1 aliphatic carbocycles. The molecule has 1 aromatic rings. The van der Waals surface area contributed by atoms with Crippen molar-refractivity contribution in [3.8, 4) is 0 Å². The summed E-state index contributed by atoms with van der Waals surface area (Å²) in [5, 5.41) is 13.4. The molecular formula is C8H11N3O2. The van der Waals surface area contributed by atoms with Crippen LogP contribution in [0.4, 0.5) is 5.82 Å². The fourth-order valence-electron chi connectivity index (χ4n) is 1.68. The van der Waals surface area contributed by atoms with Gasteiger partial charge in [0.2, 0.25) is 6.41 Å². The molecule has 1 aliphatic rings. The van der Waals surface area contributed by atoms with Crippen LogP contribution in [0.2, 0.25) is 0 Å². The minimum Gasteiger partial charge on any atom is -0.393 e. The predicted molar refractivity (Wildman–Crippen MR) is 46.8 cm³/mol. The topological polar surface area (TPSA) is 81.1 Å². The molecular weight excluding hydrogens is 170 g/mol. The highest BCUT2D eigenvalue weighted by Crippen LogP contribution is 2.24. The molecule has 0 spiro atoms. The van der Waals surface area contributed by atoms with E-state index in [1.807, 2.05) is 0 Å². The number of nitrogens with two attached hydrogens (primary N) is 1. The van der Waals surface area contributed by atoms with E-state index in [0.29, 0.717) is 31.5 Å². The molecule has 1 atom stereocenters. The molecule has 13 heavy (non-hydrogen) atoms. The summed E-state index contributed by atoms with van der Waals surface area (Å²) in [4.78, 5) is 10.5. The van der Waals surface area contributed by atoms with Crippen LogP contribution in [0, 0.1) is 0 Å². The van der Waals surface area contributed by atoms with Gasteiger partial charge >= 0.3 is 0 Å². The van der Waals surface area contributed by atoms with Crippen LogP contribution in [0.25, 0.3) is 0 Å². The van der Waals surface area contributed by atoms with Crippen LogP contribution in [0.5, 0.6) is 0 Å². The highest BCUT2D eigenvalue weighted by Gasteiger charge is 2.23. The first kappa shape index (κ1) is 8.25. The second-order valence-corrected chi connectivity index (χ2v) is 3.26. The predicted octanol–water partition coefficient (Wildman–Crippen LogP) is -0.647. The van der Waals surface area contributed by atoms with Crippen LogP contribution in [0.1, 0.15) is 17.7 Å². The zero-order valence-electron chi connectivity index (χ0n) is 7.10. The fraction of sp³-hybridized carbons (Fsp3) is 0.500. The number of rotatable bonds is 1. The minimum atomic E-state index is -0.348. The number of carbonyl (C=O) groups excluding carboxylic acids is 1. The van der Waals surface area contributed by atoms with Crippen molar-refractivity contribution < 1.29 is 9.90 Å². The Morgan fingerprint density at radius 1 is 1.69 bits per heavy atom. The van der Waals surface area contributed by atoms with E-state index in [2.05, 4.69) is 5.10 Å². The van der Waals surface area contributed by atoms with Gasteiger partial charge in [0.25, 0.3) is 0 Å². The van der Waals surface area contributed by atoms with Gasteiger partial charge in [-0.1, -0.05) is 0 Å². The van der Waals surface area contributed by atoms with Gasteiger partial charge in [0.15, 0.2) is 0 Å². The SMILES string of the molecule is Nc1c2c(nn1C=O)CCC(O)C2. The highest BCUT2D eigenvalue weighted by atomic mass is 16.3. The number of anilines is 1. The molecule has 1 heterocycles. The Balaban J connectivity index is 2.45. The number of aryl methyl sites for hydroxylation is 1. The molecule has 2 rings (SSSR count). The zero-order chi connectivity index (χ0) is 9.42. The molecule has 3 N–H and O–H groups in total. The number of aliphatic hydroxyl groups is 1. The summed E-state index contributed by atoms with van der Waals surface area (Å²) in [6, 6.07) is 0. The number of aromatic nitrogens is 2. The molecule has 1 unspecified atom stereocenters. The van der Waals surface area contributed by atoms with E-state index < -0.39 is 0 Å². The standard InChI is InChI=1S/C8H11N3O2/c9-8-6-3-5(13)1-2-7(6)10-11(8)4-12/h4-5,13H,1-3,9H2.